The highest BCUT2D eigenvalue weighted by Gasteiger charge is 2.08. The van der Waals surface area contributed by atoms with Gasteiger partial charge in [-0.25, -0.2) is 4.39 Å². The number of nitrogens with two attached hydrogens (primary N) is 1. The van der Waals surface area contributed by atoms with Gasteiger partial charge in [-0.15, -0.1) is 0 Å². The van der Waals surface area contributed by atoms with E-state index in [0.717, 1.165) is 11.1 Å². The maximum atomic E-state index is 13.7. The van der Waals surface area contributed by atoms with Crippen LogP contribution >= 0.6 is 11.6 Å². The summed E-state index contributed by atoms with van der Waals surface area (Å²) in [5, 5.41) is 0.456. The molecule has 2 aromatic rings. The summed E-state index contributed by atoms with van der Waals surface area (Å²) in [5.41, 5.74) is 7.17. The van der Waals surface area contributed by atoms with E-state index >= 15 is 0 Å². The van der Waals surface area contributed by atoms with E-state index in [4.69, 9.17) is 22.1 Å². The summed E-state index contributed by atoms with van der Waals surface area (Å²) in [6, 6.07) is 9.97. The lowest BCUT2D eigenvalue weighted by atomic mass is 10.2. The van der Waals surface area contributed by atoms with Crippen LogP contribution in [0.1, 0.15) is 11.1 Å². The van der Waals surface area contributed by atoms with Crippen LogP contribution < -0.4 is 10.5 Å². The lowest BCUT2D eigenvalue weighted by molar-refractivity contribution is 0.442. The van der Waals surface area contributed by atoms with Crippen molar-refractivity contribution in [1.29, 1.82) is 0 Å². The van der Waals surface area contributed by atoms with E-state index in [9.17, 15) is 4.39 Å². The predicted molar refractivity (Wildman–Crippen MR) is 70.6 cm³/mol. The summed E-state index contributed by atoms with van der Waals surface area (Å²) in [6.45, 7) is 2.22. The van der Waals surface area contributed by atoms with Crippen LogP contribution in [0.15, 0.2) is 36.4 Å². The minimum Gasteiger partial charge on any atom is -0.453 e. The molecule has 0 fully saturated rings. The zero-order chi connectivity index (χ0) is 13.1. The molecule has 18 heavy (non-hydrogen) atoms. The molecule has 2 nitrogen and oxygen atoms in total. The van der Waals surface area contributed by atoms with Crippen molar-refractivity contribution in [3.05, 3.63) is 58.4 Å². The molecule has 0 spiro atoms. The molecule has 0 unspecified atom stereocenters. The third-order valence-corrected chi connectivity index (χ3v) is 2.83. The highest BCUT2D eigenvalue weighted by Crippen LogP contribution is 2.31. The molecule has 0 saturated carbocycles. The van der Waals surface area contributed by atoms with Crippen molar-refractivity contribution in [3.8, 4) is 11.5 Å². The summed E-state index contributed by atoms with van der Waals surface area (Å²) < 4.78 is 19.2. The topological polar surface area (TPSA) is 35.2 Å². The second-order valence-electron chi connectivity index (χ2n) is 4.00. The van der Waals surface area contributed by atoms with Crippen LogP contribution in [0.2, 0.25) is 5.02 Å². The van der Waals surface area contributed by atoms with Gasteiger partial charge in [0, 0.05) is 6.54 Å². The van der Waals surface area contributed by atoms with Crippen LogP contribution in [-0.2, 0) is 6.54 Å². The number of halogens is 2. The lowest BCUT2D eigenvalue weighted by Crippen LogP contribution is -1.97. The van der Waals surface area contributed by atoms with Crippen LogP contribution in [-0.4, -0.2) is 0 Å². The molecule has 0 aromatic heterocycles. The predicted octanol–water partition coefficient (Wildman–Crippen LogP) is 4.04. The Hall–Kier alpha value is -1.58. The van der Waals surface area contributed by atoms with E-state index in [1.165, 1.54) is 6.07 Å². The smallest absolute Gasteiger partial charge is 0.166 e. The molecule has 0 aliphatic heterocycles. The van der Waals surface area contributed by atoms with Gasteiger partial charge in [-0.1, -0.05) is 23.7 Å². The Labute approximate surface area is 110 Å². The average Bonchev–Trinajstić information content (AvgIpc) is 2.34. The molecule has 0 heterocycles. The van der Waals surface area contributed by atoms with E-state index < -0.39 is 5.82 Å². The SMILES string of the molecule is Cc1ccc(Oc2ccc(CN)cc2F)c(Cl)c1. The zero-order valence-corrected chi connectivity index (χ0v) is 10.7. The summed E-state index contributed by atoms with van der Waals surface area (Å²) >= 11 is 6.02. The largest absolute Gasteiger partial charge is 0.453 e. The Morgan fingerprint density at radius 1 is 1.17 bits per heavy atom. The molecule has 0 radical (unpaired) electrons. The molecule has 0 aliphatic rings. The summed E-state index contributed by atoms with van der Waals surface area (Å²) in [6.07, 6.45) is 0. The minimum atomic E-state index is -0.449. The van der Waals surface area contributed by atoms with Gasteiger partial charge in [-0.2, -0.15) is 0 Å². The van der Waals surface area contributed by atoms with Gasteiger partial charge in [0.05, 0.1) is 5.02 Å². The standard InChI is InChI=1S/C14H13ClFNO/c1-9-2-4-13(11(15)6-9)18-14-5-3-10(8-17)7-12(14)16/h2-7H,8,17H2,1H3. The fraction of sp³-hybridized carbons (Fsp3) is 0.143. The van der Waals surface area contributed by atoms with Crippen molar-refractivity contribution >= 4 is 11.6 Å². The first-order valence-electron chi connectivity index (χ1n) is 5.52. The molecule has 0 bridgehead atoms. The highest BCUT2D eigenvalue weighted by molar-refractivity contribution is 6.32. The van der Waals surface area contributed by atoms with Crippen molar-refractivity contribution < 1.29 is 9.13 Å². The third-order valence-electron chi connectivity index (χ3n) is 2.54. The van der Waals surface area contributed by atoms with Crippen molar-refractivity contribution in [2.75, 3.05) is 0 Å². The number of hydrogen-bond acceptors (Lipinski definition) is 2. The maximum absolute atomic E-state index is 13.7. The Balaban J connectivity index is 2.28. The van der Waals surface area contributed by atoms with Crippen LogP contribution in [0.4, 0.5) is 4.39 Å². The molecular weight excluding hydrogens is 253 g/mol. The van der Waals surface area contributed by atoms with E-state index in [1.807, 2.05) is 13.0 Å². The number of hydrogen-bond donors (Lipinski definition) is 1. The van der Waals surface area contributed by atoms with E-state index in [-0.39, 0.29) is 5.75 Å². The van der Waals surface area contributed by atoms with Crippen molar-refractivity contribution in [2.24, 2.45) is 5.73 Å². The second-order valence-corrected chi connectivity index (χ2v) is 4.41. The fourth-order valence-corrected chi connectivity index (χ4v) is 1.83. The minimum absolute atomic E-state index is 0.137. The highest BCUT2D eigenvalue weighted by atomic mass is 35.5. The van der Waals surface area contributed by atoms with E-state index in [0.29, 0.717) is 17.3 Å². The normalized spacial score (nSPS) is 10.4. The third kappa shape index (κ3) is 2.81. The van der Waals surface area contributed by atoms with Crippen molar-refractivity contribution in [2.45, 2.75) is 13.5 Å². The number of benzene rings is 2. The van der Waals surface area contributed by atoms with Gasteiger partial charge in [0.1, 0.15) is 5.75 Å². The first-order chi connectivity index (χ1) is 8.60. The monoisotopic (exact) mass is 265 g/mol. The molecule has 0 amide bonds. The van der Waals surface area contributed by atoms with Gasteiger partial charge >= 0.3 is 0 Å². The Morgan fingerprint density at radius 2 is 1.89 bits per heavy atom. The number of aryl methyl sites for hydroxylation is 1. The first kappa shape index (κ1) is 12.9. The van der Waals surface area contributed by atoms with Gasteiger partial charge in [-0.05, 0) is 42.3 Å². The second kappa shape index (κ2) is 5.38. The van der Waals surface area contributed by atoms with Gasteiger partial charge in [0.15, 0.2) is 11.6 Å². The molecule has 2 rings (SSSR count). The molecule has 4 heteroatoms. The van der Waals surface area contributed by atoms with Crippen LogP contribution in [0.25, 0.3) is 0 Å². The van der Waals surface area contributed by atoms with Crippen LogP contribution in [0, 0.1) is 12.7 Å². The van der Waals surface area contributed by atoms with Gasteiger partial charge in [0.25, 0.3) is 0 Å². The fourth-order valence-electron chi connectivity index (χ4n) is 1.56. The van der Waals surface area contributed by atoms with Crippen LogP contribution in [0.3, 0.4) is 0 Å². The Morgan fingerprint density at radius 3 is 2.50 bits per heavy atom. The number of ether oxygens (including phenoxy) is 1. The van der Waals surface area contributed by atoms with Gasteiger partial charge in [0.2, 0.25) is 0 Å². The van der Waals surface area contributed by atoms with E-state index in [2.05, 4.69) is 0 Å². The van der Waals surface area contributed by atoms with Crippen LogP contribution in [0.5, 0.6) is 11.5 Å². The molecule has 2 aromatic carbocycles. The maximum Gasteiger partial charge on any atom is 0.166 e. The molecule has 0 aliphatic carbocycles. The Bertz CT molecular complexity index is 572. The Kier molecular flexibility index (Phi) is 3.84. The lowest BCUT2D eigenvalue weighted by Gasteiger charge is -2.09. The average molecular weight is 266 g/mol. The number of rotatable bonds is 3. The molecule has 0 saturated heterocycles. The molecule has 0 atom stereocenters. The molecular formula is C14H13ClFNO. The van der Waals surface area contributed by atoms with Crippen molar-refractivity contribution in [1.82, 2.24) is 0 Å². The summed E-state index contributed by atoms with van der Waals surface area (Å²) in [7, 11) is 0. The first-order valence-corrected chi connectivity index (χ1v) is 5.90. The summed E-state index contributed by atoms with van der Waals surface area (Å²) in [4.78, 5) is 0. The zero-order valence-electron chi connectivity index (χ0n) is 9.91. The molecule has 94 valence electrons. The van der Waals surface area contributed by atoms with Gasteiger partial charge < -0.3 is 10.5 Å². The quantitative estimate of drug-likeness (QED) is 0.909. The summed E-state index contributed by atoms with van der Waals surface area (Å²) in [5.74, 6) is 0.120. The molecule has 2 N–H and O–H groups in total. The van der Waals surface area contributed by atoms with Gasteiger partial charge in [-0.3, -0.25) is 0 Å². The van der Waals surface area contributed by atoms with Crippen molar-refractivity contribution in [3.63, 3.8) is 0 Å². The van der Waals surface area contributed by atoms with E-state index in [1.54, 1.807) is 24.3 Å².